The van der Waals surface area contributed by atoms with E-state index in [0.717, 1.165) is 50.3 Å². The minimum absolute atomic E-state index is 0.320. The number of hydrogen-bond donors (Lipinski definition) is 0. The Morgan fingerprint density at radius 3 is 2.42 bits per heavy atom. The van der Waals surface area contributed by atoms with Crippen molar-refractivity contribution in [3.05, 3.63) is 41.4 Å². The van der Waals surface area contributed by atoms with Gasteiger partial charge in [0.1, 0.15) is 5.78 Å². The first kappa shape index (κ1) is 19.2. The van der Waals surface area contributed by atoms with Gasteiger partial charge in [0, 0.05) is 31.0 Å². The van der Waals surface area contributed by atoms with E-state index in [4.69, 9.17) is 11.6 Å². The van der Waals surface area contributed by atoms with Crippen molar-refractivity contribution < 1.29 is 4.79 Å². The second kappa shape index (κ2) is 8.82. The van der Waals surface area contributed by atoms with Gasteiger partial charge >= 0.3 is 0 Å². The predicted octanol–water partition coefficient (Wildman–Crippen LogP) is 5.60. The molecule has 0 radical (unpaired) electrons. The molecule has 0 aliphatic carbocycles. The normalized spacial score (nSPS) is 16.4. The number of benzene rings is 1. The van der Waals surface area contributed by atoms with Gasteiger partial charge in [0.05, 0.1) is 0 Å². The monoisotopic (exact) mass is 347 g/mol. The number of nitrogens with zero attached hydrogens (tertiary/aromatic N) is 1. The number of ketones is 1. The average molecular weight is 348 g/mol. The largest absolute Gasteiger partial charge is 0.302 e. The summed E-state index contributed by atoms with van der Waals surface area (Å²) in [5.41, 5.74) is 2.70. The maximum atomic E-state index is 11.3. The van der Waals surface area contributed by atoms with Gasteiger partial charge in [-0.3, -0.25) is 4.79 Å². The zero-order valence-electron chi connectivity index (χ0n) is 15.1. The van der Waals surface area contributed by atoms with Gasteiger partial charge in [0.2, 0.25) is 0 Å². The number of piperidine rings is 1. The molecule has 1 aliphatic heterocycles. The van der Waals surface area contributed by atoms with Crippen LogP contribution in [0.5, 0.6) is 0 Å². The van der Waals surface area contributed by atoms with Crippen molar-refractivity contribution in [1.29, 1.82) is 0 Å². The molecule has 1 heterocycles. The molecular formula is C21H30ClNO. The Bertz CT molecular complexity index is 552. The number of halogens is 1. The quantitative estimate of drug-likeness (QED) is 0.609. The third-order valence-corrected chi connectivity index (χ3v) is 5.35. The molecule has 1 saturated heterocycles. The molecule has 1 fully saturated rings. The summed E-state index contributed by atoms with van der Waals surface area (Å²) in [5.74, 6) is 0.423. The first-order valence-electron chi connectivity index (χ1n) is 9.03. The molecule has 0 unspecified atom stereocenters. The number of hydrogen-bond acceptors (Lipinski definition) is 2. The summed E-state index contributed by atoms with van der Waals surface area (Å²) < 4.78 is 0. The van der Waals surface area contributed by atoms with Crippen LogP contribution in [0.1, 0.15) is 57.9 Å². The van der Waals surface area contributed by atoms with Crippen LogP contribution in [-0.4, -0.2) is 30.3 Å². The van der Waals surface area contributed by atoms with Crippen LogP contribution in [0, 0.1) is 5.41 Å². The van der Waals surface area contributed by atoms with Gasteiger partial charge in [-0.2, -0.15) is 0 Å². The van der Waals surface area contributed by atoms with Gasteiger partial charge in [-0.1, -0.05) is 44.2 Å². The molecule has 24 heavy (non-hydrogen) atoms. The third-order valence-electron chi connectivity index (χ3n) is 5.10. The van der Waals surface area contributed by atoms with Crippen molar-refractivity contribution in [1.82, 2.24) is 4.90 Å². The van der Waals surface area contributed by atoms with E-state index in [1.54, 1.807) is 0 Å². The fraction of sp³-hybridized carbons (Fsp3) is 0.571. The fourth-order valence-corrected chi connectivity index (χ4v) is 3.38. The van der Waals surface area contributed by atoms with E-state index < -0.39 is 0 Å². The maximum Gasteiger partial charge on any atom is 0.135 e. The van der Waals surface area contributed by atoms with Gasteiger partial charge in [0.25, 0.3) is 0 Å². The summed E-state index contributed by atoms with van der Waals surface area (Å²) in [7, 11) is 0. The highest BCUT2D eigenvalue weighted by molar-refractivity contribution is 6.30. The summed E-state index contributed by atoms with van der Waals surface area (Å²) in [4.78, 5) is 13.7. The zero-order chi connectivity index (χ0) is 17.6. The Labute approximate surface area is 151 Å². The highest BCUT2D eigenvalue weighted by Gasteiger charge is 2.20. The van der Waals surface area contributed by atoms with Crippen LogP contribution < -0.4 is 0 Å². The van der Waals surface area contributed by atoms with E-state index in [1.165, 1.54) is 24.0 Å². The molecule has 0 atom stereocenters. The van der Waals surface area contributed by atoms with Crippen LogP contribution in [0.3, 0.4) is 0 Å². The molecule has 1 aromatic rings. The van der Waals surface area contributed by atoms with E-state index in [0.29, 0.717) is 11.2 Å². The smallest absolute Gasteiger partial charge is 0.135 e. The predicted molar refractivity (Wildman–Crippen MR) is 103 cm³/mol. The van der Waals surface area contributed by atoms with E-state index in [9.17, 15) is 4.79 Å². The Hall–Kier alpha value is -1.12. The van der Waals surface area contributed by atoms with Crippen molar-refractivity contribution in [2.45, 2.75) is 52.4 Å². The molecule has 0 spiro atoms. The van der Waals surface area contributed by atoms with Crippen molar-refractivity contribution in [2.75, 3.05) is 19.6 Å². The Kier molecular flexibility index (Phi) is 7.06. The lowest BCUT2D eigenvalue weighted by atomic mass is 9.81. The number of carbonyl (C=O) groups is 1. The number of allylic oxidation sites excluding steroid dienone is 1. The highest BCUT2D eigenvalue weighted by atomic mass is 35.5. The standard InChI is InChI=1S/C21H30ClNO/c1-17(18-5-7-19(22)8-6-18)9-13-21(2,3)12-4-14-23-15-10-20(24)11-16-23/h5-8H,1,4,9-16H2,2-3H3. The molecule has 2 nitrogen and oxygen atoms in total. The van der Waals surface area contributed by atoms with Crippen LogP contribution in [0.2, 0.25) is 5.02 Å². The molecule has 0 amide bonds. The number of likely N-dealkylation sites (tertiary alicyclic amines) is 1. The molecule has 3 heteroatoms. The molecule has 0 aromatic heterocycles. The number of Topliss-reactive ketones (excluding diaryl/α,β-unsaturated/α-hetero) is 1. The molecule has 0 bridgehead atoms. The SMILES string of the molecule is C=C(CCC(C)(C)CCCN1CCC(=O)CC1)c1ccc(Cl)cc1. The van der Waals surface area contributed by atoms with E-state index in [2.05, 4.69) is 37.5 Å². The van der Waals surface area contributed by atoms with Gasteiger partial charge in [-0.05, 0) is 60.9 Å². The van der Waals surface area contributed by atoms with Crippen LogP contribution >= 0.6 is 11.6 Å². The lowest BCUT2D eigenvalue weighted by molar-refractivity contribution is -0.121. The van der Waals surface area contributed by atoms with E-state index in [1.807, 2.05) is 12.1 Å². The van der Waals surface area contributed by atoms with Crippen LogP contribution in [0.25, 0.3) is 5.57 Å². The summed E-state index contributed by atoms with van der Waals surface area (Å²) >= 11 is 5.94. The van der Waals surface area contributed by atoms with Crippen molar-refractivity contribution in [2.24, 2.45) is 5.41 Å². The third kappa shape index (κ3) is 6.41. The first-order valence-corrected chi connectivity index (χ1v) is 9.41. The molecule has 2 rings (SSSR count). The van der Waals surface area contributed by atoms with E-state index in [-0.39, 0.29) is 0 Å². The maximum absolute atomic E-state index is 11.3. The van der Waals surface area contributed by atoms with Gasteiger partial charge in [0.15, 0.2) is 0 Å². The minimum Gasteiger partial charge on any atom is -0.302 e. The minimum atomic E-state index is 0.320. The summed E-state index contributed by atoms with van der Waals surface area (Å²) in [6, 6.07) is 7.96. The molecule has 1 aliphatic rings. The second-order valence-electron chi connectivity index (χ2n) is 7.76. The molecule has 0 saturated carbocycles. The van der Waals surface area contributed by atoms with Gasteiger partial charge in [-0.15, -0.1) is 0 Å². The molecule has 1 aromatic carbocycles. The lowest BCUT2D eigenvalue weighted by Gasteiger charge is -2.29. The Balaban J connectivity index is 1.69. The molecule has 0 N–H and O–H groups in total. The molecular weight excluding hydrogens is 318 g/mol. The van der Waals surface area contributed by atoms with Gasteiger partial charge in [-0.25, -0.2) is 0 Å². The Morgan fingerprint density at radius 2 is 1.79 bits per heavy atom. The van der Waals surface area contributed by atoms with Crippen LogP contribution in [0.15, 0.2) is 30.8 Å². The van der Waals surface area contributed by atoms with Crippen molar-refractivity contribution >= 4 is 23.0 Å². The fourth-order valence-electron chi connectivity index (χ4n) is 3.25. The zero-order valence-corrected chi connectivity index (χ0v) is 15.9. The molecule has 132 valence electrons. The summed E-state index contributed by atoms with van der Waals surface area (Å²) in [6.07, 6.45) is 6.06. The van der Waals surface area contributed by atoms with E-state index >= 15 is 0 Å². The summed E-state index contributed by atoms with van der Waals surface area (Å²) in [6.45, 7) is 12.0. The number of rotatable bonds is 8. The van der Waals surface area contributed by atoms with Crippen LogP contribution in [0.4, 0.5) is 0 Å². The van der Waals surface area contributed by atoms with Gasteiger partial charge < -0.3 is 4.90 Å². The van der Waals surface area contributed by atoms with Crippen molar-refractivity contribution in [3.63, 3.8) is 0 Å². The topological polar surface area (TPSA) is 20.3 Å². The summed E-state index contributed by atoms with van der Waals surface area (Å²) in [5, 5.41) is 0.770. The van der Waals surface area contributed by atoms with Crippen molar-refractivity contribution in [3.8, 4) is 0 Å². The highest BCUT2D eigenvalue weighted by Crippen LogP contribution is 2.32. The first-order chi connectivity index (χ1) is 11.4. The van der Waals surface area contributed by atoms with Crippen LogP contribution in [-0.2, 0) is 4.79 Å². The Morgan fingerprint density at radius 1 is 1.17 bits per heavy atom. The lowest BCUT2D eigenvalue weighted by Crippen LogP contribution is -2.34. The average Bonchev–Trinajstić information content (AvgIpc) is 2.55. The second-order valence-corrected chi connectivity index (χ2v) is 8.19. The number of carbonyl (C=O) groups excluding carboxylic acids is 1.